The Morgan fingerprint density at radius 3 is 3.00 bits per heavy atom. The van der Waals surface area contributed by atoms with E-state index in [9.17, 15) is 4.79 Å². The van der Waals surface area contributed by atoms with Gasteiger partial charge in [0.25, 0.3) is 0 Å². The zero-order chi connectivity index (χ0) is 11.6. The minimum absolute atomic E-state index is 0.00454. The van der Waals surface area contributed by atoms with Gasteiger partial charge in [-0.2, -0.15) is 0 Å². The topological polar surface area (TPSA) is 70.6 Å². The number of hydrogen-bond donors (Lipinski definition) is 3. The smallest absolute Gasteiger partial charge is 0.315 e. The zero-order valence-corrected chi connectivity index (χ0v) is 9.76. The van der Waals surface area contributed by atoms with Gasteiger partial charge in [-0.25, -0.2) is 4.79 Å². The Morgan fingerprint density at radius 1 is 1.44 bits per heavy atom. The van der Waals surface area contributed by atoms with E-state index in [0.717, 1.165) is 4.88 Å². The second-order valence-corrected chi connectivity index (χ2v) is 4.06. The van der Waals surface area contributed by atoms with Crippen molar-refractivity contribution in [3.63, 3.8) is 0 Å². The molecule has 0 bridgehead atoms. The van der Waals surface area contributed by atoms with Crippen LogP contribution in [0.3, 0.4) is 0 Å². The van der Waals surface area contributed by atoms with Gasteiger partial charge in [0.1, 0.15) is 0 Å². The summed E-state index contributed by atoms with van der Waals surface area (Å²) in [7, 11) is 0. The number of carbonyl (C=O) groups excluding carboxylic acids is 1. The SMILES string of the molecule is O=C(NCCOCCO)NCc1cccs1. The van der Waals surface area contributed by atoms with Crippen molar-refractivity contribution in [1.29, 1.82) is 0 Å². The van der Waals surface area contributed by atoms with Gasteiger partial charge in [0.05, 0.1) is 26.4 Å². The molecule has 1 heterocycles. The molecule has 0 saturated carbocycles. The van der Waals surface area contributed by atoms with E-state index in [0.29, 0.717) is 26.3 Å². The zero-order valence-electron chi connectivity index (χ0n) is 8.94. The van der Waals surface area contributed by atoms with Gasteiger partial charge in [-0.05, 0) is 11.4 Å². The van der Waals surface area contributed by atoms with Crippen molar-refractivity contribution < 1.29 is 14.6 Å². The first-order chi connectivity index (χ1) is 7.83. The first-order valence-electron chi connectivity index (χ1n) is 5.05. The fourth-order valence-corrected chi connectivity index (χ4v) is 1.69. The summed E-state index contributed by atoms with van der Waals surface area (Å²) in [4.78, 5) is 12.4. The average molecular weight is 244 g/mol. The number of aliphatic hydroxyl groups excluding tert-OH is 1. The van der Waals surface area contributed by atoms with Crippen molar-refractivity contribution in [2.45, 2.75) is 6.54 Å². The highest BCUT2D eigenvalue weighted by Gasteiger charge is 1.99. The van der Waals surface area contributed by atoms with Crippen molar-refractivity contribution in [1.82, 2.24) is 10.6 Å². The summed E-state index contributed by atoms with van der Waals surface area (Å²) in [6.07, 6.45) is 0. The predicted molar refractivity (Wildman–Crippen MR) is 62.5 cm³/mol. The molecular formula is C10H16N2O3S. The molecule has 1 rings (SSSR count). The minimum Gasteiger partial charge on any atom is -0.394 e. The number of hydrogen-bond acceptors (Lipinski definition) is 4. The van der Waals surface area contributed by atoms with Crippen LogP contribution in [0.1, 0.15) is 4.88 Å². The van der Waals surface area contributed by atoms with Crippen LogP contribution in [0.25, 0.3) is 0 Å². The fraction of sp³-hybridized carbons (Fsp3) is 0.500. The van der Waals surface area contributed by atoms with E-state index in [1.54, 1.807) is 11.3 Å². The molecule has 6 heteroatoms. The molecule has 0 spiro atoms. The van der Waals surface area contributed by atoms with Gasteiger partial charge in [-0.15, -0.1) is 11.3 Å². The minimum atomic E-state index is -0.207. The van der Waals surface area contributed by atoms with Crippen LogP contribution in [0.15, 0.2) is 17.5 Å². The summed E-state index contributed by atoms with van der Waals surface area (Å²) in [5, 5.41) is 15.8. The summed E-state index contributed by atoms with van der Waals surface area (Å²) >= 11 is 1.60. The Hall–Kier alpha value is -1.11. The second kappa shape index (κ2) is 8.09. The molecule has 3 N–H and O–H groups in total. The van der Waals surface area contributed by atoms with Crippen LogP contribution in [0.2, 0.25) is 0 Å². The lowest BCUT2D eigenvalue weighted by Gasteiger charge is -2.06. The third-order valence-corrected chi connectivity index (χ3v) is 2.65. The maximum absolute atomic E-state index is 11.2. The first kappa shape index (κ1) is 13.0. The molecule has 2 amide bonds. The van der Waals surface area contributed by atoms with E-state index >= 15 is 0 Å². The van der Waals surface area contributed by atoms with Gasteiger partial charge in [0.15, 0.2) is 0 Å². The molecule has 1 aromatic heterocycles. The number of rotatable bonds is 7. The fourth-order valence-electron chi connectivity index (χ4n) is 1.05. The number of nitrogens with one attached hydrogen (secondary N) is 2. The number of urea groups is 1. The number of carbonyl (C=O) groups is 1. The molecule has 0 aliphatic heterocycles. The molecule has 0 saturated heterocycles. The van der Waals surface area contributed by atoms with Crippen molar-refractivity contribution in [2.24, 2.45) is 0 Å². The van der Waals surface area contributed by atoms with E-state index in [1.807, 2.05) is 17.5 Å². The maximum Gasteiger partial charge on any atom is 0.315 e. The lowest BCUT2D eigenvalue weighted by atomic mass is 10.5. The molecule has 1 aromatic rings. The third kappa shape index (κ3) is 5.69. The Kier molecular flexibility index (Phi) is 6.55. The molecule has 0 atom stereocenters. The Morgan fingerprint density at radius 2 is 2.31 bits per heavy atom. The Balaban J connectivity index is 1.99. The van der Waals surface area contributed by atoms with E-state index in [1.165, 1.54) is 0 Å². The van der Waals surface area contributed by atoms with Gasteiger partial charge in [0, 0.05) is 11.4 Å². The molecule has 16 heavy (non-hydrogen) atoms. The van der Waals surface area contributed by atoms with Crippen LogP contribution in [-0.2, 0) is 11.3 Å². The van der Waals surface area contributed by atoms with Crippen LogP contribution in [0.4, 0.5) is 4.79 Å². The molecule has 5 nitrogen and oxygen atoms in total. The summed E-state index contributed by atoms with van der Waals surface area (Å²) in [6, 6.07) is 3.71. The van der Waals surface area contributed by atoms with E-state index in [-0.39, 0.29) is 12.6 Å². The largest absolute Gasteiger partial charge is 0.394 e. The quantitative estimate of drug-likeness (QED) is 0.614. The molecular weight excluding hydrogens is 228 g/mol. The van der Waals surface area contributed by atoms with Gasteiger partial charge in [-0.3, -0.25) is 0 Å². The van der Waals surface area contributed by atoms with E-state index in [2.05, 4.69) is 10.6 Å². The van der Waals surface area contributed by atoms with Gasteiger partial charge in [0.2, 0.25) is 0 Å². The molecule has 90 valence electrons. The summed E-state index contributed by atoms with van der Waals surface area (Å²) in [5.74, 6) is 0. The van der Waals surface area contributed by atoms with Crippen molar-refractivity contribution in [2.75, 3.05) is 26.4 Å². The predicted octanol–water partition coefficient (Wildman–Crippen LogP) is 0.556. The molecule has 0 fully saturated rings. The Bertz CT molecular complexity index is 290. The molecule has 0 radical (unpaired) electrons. The molecule has 0 aliphatic carbocycles. The first-order valence-corrected chi connectivity index (χ1v) is 5.93. The summed E-state index contributed by atoms with van der Waals surface area (Å²) < 4.78 is 4.99. The van der Waals surface area contributed by atoms with E-state index < -0.39 is 0 Å². The molecule has 0 aromatic carbocycles. The molecule has 0 aliphatic rings. The van der Waals surface area contributed by atoms with Crippen LogP contribution in [0.5, 0.6) is 0 Å². The summed E-state index contributed by atoms with van der Waals surface area (Å²) in [6.45, 7) is 1.70. The highest BCUT2D eigenvalue weighted by molar-refractivity contribution is 7.09. The van der Waals surface area contributed by atoms with Crippen LogP contribution in [0, 0.1) is 0 Å². The number of ether oxygens (including phenoxy) is 1. The summed E-state index contributed by atoms with van der Waals surface area (Å²) in [5.41, 5.74) is 0. The van der Waals surface area contributed by atoms with Gasteiger partial charge >= 0.3 is 6.03 Å². The van der Waals surface area contributed by atoms with Crippen molar-refractivity contribution in [3.05, 3.63) is 22.4 Å². The average Bonchev–Trinajstić information content (AvgIpc) is 2.79. The highest BCUT2D eigenvalue weighted by atomic mass is 32.1. The third-order valence-electron chi connectivity index (χ3n) is 1.77. The lowest BCUT2D eigenvalue weighted by molar-refractivity contribution is 0.0947. The number of thiophene rings is 1. The lowest BCUT2D eigenvalue weighted by Crippen LogP contribution is -2.36. The maximum atomic E-state index is 11.2. The molecule has 0 unspecified atom stereocenters. The number of amides is 2. The normalized spacial score (nSPS) is 10.1. The Labute approximate surface area is 98.4 Å². The second-order valence-electron chi connectivity index (χ2n) is 3.02. The van der Waals surface area contributed by atoms with Gasteiger partial charge in [-0.1, -0.05) is 6.07 Å². The van der Waals surface area contributed by atoms with Crippen LogP contribution in [-0.4, -0.2) is 37.5 Å². The standard InChI is InChI=1S/C10H16N2O3S/c13-4-6-15-5-3-11-10(14)12-8-9-2-1-7-16-9/h1-2,7,13H,3-6,8H2,(H2,11,12,14). The van der Waals surface area contributed by atoms with E-state index in [4.69, 9.17) is 9.84 Å². The van der Waals surface area contributed by atoms with Crippen LogP contribution >= 0.6 is 11.3 Å². The van der Waals surface area contributed by atoms with Crippen molar-refractivity contribution >= 4 is 17.4 Å². The number of aliphatic hydroxyl groups is 1. The van der Waals surface area contributed by atoms with Crippen LogP contribution < -0.4 is 10.6 Å². The van der Waals surface area contributed by atoms with Crippen molar-refractivity contribution in [3.8, 4) is 0 Å². The highest BCUT2D eigenvalue weighted by Crippen LogP contribution is 2.06. The van der Waals surface area contributed by atoms with Gasteiger partial charge < -0.3 is 20.5 Å². The monoisotopic (exact) mass is 244 g/mol.